The van der Waals surface area contributed by atoms with Gasteiger partial charge in [0.05, 0.1) is 5.69 Å². The van der Waals surface area contributed by atoms with Gasteiger partial charge in [0, 0.05) is 47.7 Å². The van der Waals surface area contributed by atoms with Gasteiger partial charge in [-0.3, -0.25) is 9.59 Å². The third kappa shape index (κ3) is 4.57. The predicted octanol–water partition coefficient (Wildman–Crippen LogP) is 4.05. The fourth-order valence-corrected chi connectivity index (χ4v) is 6.87. The number of fused-ring (bicyclic) bond motifs is 1. The van der Waals surface area contributed by atoms with Crippen molar-refractivity contribution in [2.75, 3.05) is 29.9 Å². The van der Waals surface area contributed by atoms with E-state index < -0.39 is 10.0 Å². The van der Waals surface area contributed by atoms with Crippen molar-refractivity contribution >= 4 is 60.7 Å². The summed E-state index contributed by atoms with van der Waals surface area (Å²) < 4.78 is 29.1. The first kappa shape index (κ1) is 23.2. The number of anilines is 2. The molecule has 2 aromatic rings. The van der Waals surface area contributed by atoms with Crippen LogP contribution in [0.15, 0.2) is 45.8 Å². The molecule has 0 saturated carbocycles. The summed E-state index contributed by atoms with van der Waals surface area (Å²) in [6, 6.07) is 10.4. The first-order chi connectivity index (χ1) is 15.2. The van der Waals surface area contributed by atoms with E-state index in [-0.39, 0.29) is 35.7 Å². The topological polar surface area (TPSA) is 86.8 Å². The van der Waals surface area contributed by atoms with Gasteiger partial charge in [-0.05, 0) is 55.2 Å². The number of hydrogen-bond donors (Lipinski definition) is 1. The maximum absolute atomic E-state index is 13.5. The molecule has 0 aliphatic carbocycles. The van der Waals surface area contributed by atoms with Gasteiger partial charge in [-0.1, -0.05) is 33.6 Å². The fraction of sp³-hybridized carbons (Fsp3) is 0.364. The SMILES string of the molecule is CC(=O)N1CCc2cc(Br)cc(S(=O)(=O)N3CCC(C(=O)Nc4cccc(Cl)c4)CC3)c21. The van der Waals surface area contributed by atoms with Gasteiger partial charge in [-0.15, -0.1) is 0 Å². The van der Waals surface area contributed by atoms with E-state index in [2.05, 4.69) is 21.2 Å². The molecule has 170 valence electrons. The summed E-state index contributed by atoms with van der Waals surface area (Å²) in [4.78, 5) is 26.4. The minimum atomic E-state index is -3.83. The number of nitrogens with zero attached hydrogens (tertiary/aromatic N) is 2. The molecule has 32 heavy (non-hydrogen) atoms. The standard InChI is InChI=1S/C22H23BrClN3O4S/c1-14(28)27-10-7-16-11-17(23)12-20(21(16)27)32(30,31)26-8-5-15(6-9-26)22(29)25-19-4-2-3-18(24)13-19/h2-4,11-13,15H,5-10H2,1H3,(H,25,29). The molecule has 0 bridgehead atoms. The normalized spacial score (nSPS) is 17.3. The van der Waals surface area contributed by atoms with Crippen molar-refractivity contribution in [1.82, 2.24) is 4.31 Å². The molecule has 10 heteroatoms. The Balaban J connectivity index is 1.51. The summed E-state index contributed by atoms with van der Waals surface area (Å²) in [7, 11) is -3.83. The number of halogens is 2. The fourth-order valence-electron chi connectivity index (χ4n) is 4.29. The quantitative estimate of drug-likeness (QED) is 0.634. The second kappa shape index (κ2) is 9.13. The van der Waals surface area contributed by atoms with Crippen LogP contribution in [0, 0.1) is 5.92 Å². The van der Waals surface area contributed by atoms with E-state index in [4.69, 9.17) is 11.6 Å². The molecule has 0 atom stereocenters. The van der Waals surface area contributed by atoms with Crippen molar-refractivity contribution in [3.63, 3.8) is 0 Å². The lowest BCUT2D eigenvalue weighted by Crippen LogP contribution is -2.42. The van der Waals surface area contributed by atoms with Crippen molar-refractivity contribution in [2.24, 2.45) is 5.92 Å². The number of benzene rings is 2. The molecule has 1 saturated heterocycles. The summed E-state index contributed by atoms with van der Waals surface area (Å²) in [6.07, 6.45) is 1.44. The minimum absolute atomic E-state index is 0.136. The highest BCUT2D eigenvalue weighted by Crippen LogP contribution is 2.39. The maximum Gasteiger partial charge on any atom is 0.245 e. The van der Waals surface area contributed by atoms with E-state index in [0.717, 1.165) is 5.56 Å². The number of carbonyl (C=O) groups excluding carboxylic acids is 2. The van der Waals surface area contributed by atoms with E-state index >= 15 is 0 Å². The van der Waals surface area contributed by atoms with E-state index in [1.807, 2.05) is 6.07 Å². The summed E-state index contributed by atoms with van der Waals surface area (Å²) in [5, 5.41) is 3.39. The van der Waals surface area contributed by atoms with Crippen LogP contribution in [-0.2, 0) is 26.0 Å². The summed E-state index contributed by atoms with van der Waals surface area (Å²) in [5.74, 6) is -0.614. The van der Waals surface area contributed by atoms with Crippen molar-refractivity contribution in [3.8, 4) is 0 Å². The van der Waals surface area contributed by atoms with E-state index in [9.17, 15) is 18.0 Å². The lowest BCUT2D eigenvalue weighted by molar-refractivity contribution is -0.121. The van der Waals surface area contributed by atoms with Crippen LogP contribution >= 0.6 is 27.5 Å². The molecular weight excluding hydrogens is 518 g/mol. The van der Waals surface area contributed by atoms with Gasteiger partial charge in [-0.2, -0.15) is 4.31 Å². The molecule has 2 amide bonds. The molecule has 2 heterocycles. The third-order valence-electron chi connectivity index (χ3n) is 5.91. The smallest absolute Gasteiger partial charge is 0.245 e. The van der Waals surface area contributed by atoms with E-state index in [1.165, 1.54) is 16.1 Å². The van der Waals surface area contributed by atoms with E-state index in [0.29, 0.717) is 46.7 Å². The van der Waals surface area contributed by atoms with Gasteiger partial charge in [0.1, 0.15) is 4.90 Å². The van der Waals surface area contributed by atoms with Crippen LogP contribution in [-0.4, -0.2) is 44.2 Å². The van der Waals surface area contributed by atoms with Crippen LogP contribution in [0.3, 0.4) is 0 Å². The van der Waals surface area contributed by atoms with Gasteiger partial charge in [0.15, 0.2) is 0 Å². The lowest BCUT2D eigenvalue weighted by atomic mass is 9.97. The minimum Gasteiger partial charge on any atom is -0.326 e. The number of amides is 2. The van der Waals surface area contributed by atoms with Crippen molar-refractivity contribution in [1.29, 1.82) is 0 Å². The molecule has 4 rings (SSSR count). The molecule has 0 spiro atoms. The van der Waals surface area contributed by atoms with Crippen LogP contribution in [0.4, 0.5) is 11.4 Å². The highest BCUT2D eigenvalue weighted by molar-refractivity contribution is 9.10. The predicted molar refractivity (Wildman–Crippen MR) is 127 cm³/mol. The zero-order valence-electron chi connectivity index (χ0n) is 17.5. The molecule has 0 radical (unpaired) electrons. The number of nitrogens with one attached hydrogen (secondary N) is 1. The first-order valence-electron chi connectivity index (χ1n) is 10.3. The zero-order chi connectivity index (χ0) is 23.0. The van der Waals surface area contributed by atoms with Crippen molar-refractivity contribution < 1.29 is 18.0 Å². The van der Waals surface area contributed by atoms with Crippen LogP contribution in [0.25, 0.3) is 0 Å². The van der Waals surface area contributed by atoms with Gasteiger partial charge in [0.25, 0.3) is 0 Å². The number of hydrogen-bond acceptors (Lipinski definition) is 4. The van der Waals surface area contributed by atoms with Crippen LogP contribution < -0.4 is 10.2 Å². The maximum atomic E-state index is 13.5. The molecule has 7 nitrogen and oxygen atoms in total. The summed E-state index contributed by atoms with van der Waals surface area (Å²) in [5.41, 5.74) is 1.93. The monoisotopic (exact) mass is 539 g/mol. The molecule has 1 fully saturated rings. The van der Waals surface area contributed by atoms with E-state index in [1.54, 1.807) is 30.3 Å². The Hall–Kier alpha value is -1.94. The molecule has 0 unspecified atom stereocenters. The van der Waals surface area contributed by atoms with Crippen molar-refractivity contribution in [2.45, 2.75) is 31.1 Å². The molecule has 1 N–H and O–H groups in total. The van der Waals surface area contributed by atoms with Gasteiger partial charge in [0.2, 0.25) is 21.8 Å². The number of carbonyl (C=O) groups is 2. The Labute approximate surface area is 200 Å². The number of rotatable bonds is 4. The molecule has 2 aliphatic rings. The second-order valence-corrected chi connectivity index (χ2v) is 11.3. The number of sulfonamides is 1. The Bertz CT molecular complexity index is 1180. The number of piperidine rings is 1. The largest absolute Gasteiger partial charge is 0.326 e. The Morgan fingerprint density at radius 3 is 2.50 bits per heavy atom. The summed E-state index contributed by atoms with van der Waals surface area (Å²) >= 11 is 9.38. The molecular formula is C22H23BrClN3O4S. The third-order valence-corrected chi connectivity index (χ3v) is 8.51. The highest BCUT2D eigenvalue weighted by atomic mass is 79.9. The zero-order valence-corrected chi connectivity index (χ0v) is 20.6. The highest BCUT2D eigenvalue weighted by Gasteiger charge is 2.37. The Kier molecular flexibility index (Phi) is 6.63. The summed E-state index contributed by atoms with van der Waals surface area (Å²) in [6.45, 7) is 2.38. The lowest BCUT2D eigenvalue weighted by Gasteiger charge is -2.31. The van der Waals surface area contributed by atoms with Crippen molar-refractivity contribution in [3.05, 3.63) is 51.5 Å². The first-order valence-corrected chi connectivity index (χ1v) is 12.9. The van der Waals surface area contributed by atoms with Gasteiger partial charge < -0.3 is 10.2 Å². The molecule has 2 aromatic carbocycles. The Morgan fingerprint density at radius 2 is 1.84 bits per heavy atom. The second-order valence-electron chi connectivity index (χ2n) is 8.01. The van der Waals surface area contributed by atoms with Crippen LogP contribution in [0.1, 0.15) is 25.3 Å². The molecule has 0 aromatic heterocycles. The van der Waals surface area contributed by atoms with Crippen LogP contribution in [0.5, 0.6) is 0 Å². The average Bonchev–Trinajstić information content (AvgIpc) is 3.17. The van der Waals surface area contributed by atoms with Gasteiger partial charge in [-0.25, -0.2) is 8.42 Å². The Morgan fingerprint density at radius 1 is 1.12 bits per heavy atom. The van der Waals surface area contributed by atoms with Crippen LogP contribution in [0.2, 0.25) is 5.02 Å². The molecule has 2 aliphatic heterocycles. The van der Waals surface area contributed by atoms with Gasteiger partial charge >= 0.3 is 0 Å². The average molecular weight is 541 g/mol.